The first-order valence-electron chi connectivity index (χ1n) is 11.0. The molecule has 3 amide bonds. The van der Waals surface area contributed by atoms with Crippen LogP contribution in [-0.2, 0) is 4.79 Å². The number of nitrogens with one attached hydrogen (secondary N) is 3. The van der Waals surface area contributed by atoms with Crippen LogP contribution in [0.1, 0.15) is 38.5 Å². The van der Waals surface area contributed by atoms with Crippen LogP contribution in [0.15, 0.2) is 28.6 Å². The Bertz CT molecular complexity index is 958. The summed E-state index contributed by atoms with van der Waals surface area (Å²) in [5.41, 5.74) is 0.769. The summed E-state index contributed by atoms with van der Waals surface area (Å²) in [5, 5.41) is 17.7. The summed E-state index contributed by atoms with van der Waals surface area (Å²) >= 11 is 2.63. The van der Waals surface area contributed by atoms with Gasteiger partial charge in [-0.25, -0.2) is 4.79 Å². The molecule has 4 aliphatic rings. The number of amides is 3. The summed E-state index contributed by atoms with van der Waals surface area (Å²) in [6.07, 6.45) is 7.12. The first kappa shape index (κ1) is 21.5. The van der Waals surface area contributed by atoms with Gasteiger partial charge in [0.2, 0.25) is 11.0 Å². The molecule has 10 heteroatoms. The maximum absolute atomic E-state index is 12.5. The number of aromatic nitrogens is 2. The topological polar surface area (TPSA) is 105 Å². The second-order valence-corrected chi connectivity index (χ2v) is 11.4. The minimum Gasteiger partial charge on any atom is -0.497 e. The molecule has 0 radical (unpaired) electrons. The van der Waals surface area contributed by atoms with Crippen molar-refractivity contribution in [2.75, 3.05) is 18.2 Å². The van der Waals surface area contributed by atoms with Gasteiger partial charge in [0.15, 0.2) is 4.34 Å². The Morgan fingerprint density at radius 1 is 1.09 bits per heavy atom. The van der Waals surface area contributed by atoms with E-state index in [1.165, 1.54) is 42.4 Å². The van der Waals surface area contributed by atoms with Crippen molar-refractivity contribution in [3.05, 3.63) is 24.3 Å². The van der Waals surface area contributed by atoms with E-state index in [1.54, 1.807) is 7.11 Å². The maximum atomic E-state index is 12.5. The molecular formula is C22H27N5O3S2. The first-order chi connectivity index (χ1) is 15.5. The van der Waals surface area contributed by atoms with Crippen molar-refractivity contribution in [2.24, 2.45) is 17.8 Å². The molecule has 2 aromatic rings. The summed E-state index contributed by atoms with van der Waals surface area (Å²) in [5.74, 6) is 2.80. The van der Waals surface area contributed by atoms with Gasteiger partial charge in [-0.15, -0.1) is 10.2 Å². The molecule has 170 valence electrons. The lowest BCUT2D eigenvalue weighted by atomic mass is 9.53. The Labute approximate surface area is 195 Å². The van der Waals surface area contributed by atoms with Crippen LogP contribution >= 0.6 is 23.1 Å². The van der Waals surface area contributed by atoms with Crippen molar-refractivity contribution in [3.8, 4) is 5.75 Å². The van der Waals surface area contributed by atoms with E-state index >= 15 is 0 Å². The van der Waals surface area contributed by atoms with Crippen LogP contribution in [0.2, 0.25) is 0 Å². The highest BCUT2D eigenvalue weighted by Gasteiger charge is 2.51. The van der Waals surface area contributed by atoms with Gasteiger partial charge in [-0.05, 0) is 80.5 Å². The van der Waals surface area contributed by atoms with Crippen molar-refractivity contribution in [2.45, 2.75) is 48.4 Å². The predicted molar refractivity (Wildman–Crippen MR) is 124 cm³/mol. The third kappa shape index (κ3) is 4.85. The molecule has 1 aromatic carbocycles. The Morgan fingerprint density at radius 3 is 2.38 bits per heavy atom. The van der Waals surface area contributed by atoms with E-state index in [4.69, 9.17) is 4.74 Å². The van der Waals surface area contributed by atoms with Crippen molar-refractivity contribution in [3.63, 3.8) is 0 Å². The summed E-state index contributed by atoms with van der Waals surface area (Å²) < 4.78 is 5.82. The standard InChI is InChI=1S/C22H27N5O3S2/c1-30-17-4-2-16(3-5-17)23-20-26-27-21(32-20)31-12-18(28)24-19(29)25-22-9-13-6-14(10-22)8-15(7-13)11-22/h2-5,13-15H,6-12H2,1H3,(H,23,26)(H2,24,25,28,29). The van der Waals surface area contributed by atoms with Crippen molar-refractivity contribution in [1.29, 1.82) is 0 Å². The zero-order chi connectivity index (χ0) is 22.1. The number of urea groups is 1. The van der Waals surface area contributed by atoms with Crippen LogP contribution in [0.3, 0.4) is 0 Å². The van der Waals surface area contributed by atoms with Crippen molar-refractivity contribution in [1.82, 2.24) is 20.8 Å². The lowest BCUT2D eigenvalue weighted by Gasteiger charge is -2.56. The van der Waals surface area contributed by atoms with E-state index < -0.39 is 0 Å². The largest absolute Gasteiger partial charge is 0.497 e. The highest BCUT2D eigenvalue weighted by molar-refractivity contribution is 8.01. The van der Waals surface area contributed by atoms with E-state index in [2.05, 4.69) is 26.1 Å². The quantitative estimate of drug-likeness (QED) is 0.518. The third-order valence-corrected chi connectivity index (χ3v) is 8.72. The second-order valence-electron chi connectivity index (χ2n) is 9.22. The fourth-order valence-electron chi connectivity index (χ4n) is 5.94. The van der Waals surface area contributed by atoms with Crippen LogP contribution in [0.25, 0.3) is 0 Å². The number of nitrogens with zero attached hydrogens (tertiary/aromatic N) is 2. The first-order valence-corrected chi connectivity index (χ1v) is 12.8. The van der Waals surface area contributed by atoms with E-state index in [0.29, 0.717) is 9.47 Å². The number of rotatable bonds is 7. The molecule has 6 rings (SSSR count). The molecule has 1 aromatic heterocycles. The Hall–Kier alpha value is -2.33. The van der Waals surface area contributed by atoms with E-state index in [0.717, 1.165) is 48.5 Å². The molecule has 3 N–H and O–H groups in total. The predicted octanol–water partition coefficient (Wildman–Crippen LogP) is 4.18. The smallest absolute Gasteiger partial charge is 0.321 e. The molecule has 0 spiro atoms. The highest BCUT2D eigenvalue weighted by atomic mass is 32.2. The molecule has 1 heterocycles. The fourth-order valence-corrected chi connectivity index (χ4v) is 7.51. The minimum atomic E-state index is -0.364. The molecule has 4 fully saturated rings. The van der Waals surface area contributed by atoms with Gasteiger partial charge < -0.3 is 15.4 Å². The Kier molecular flexibility index (Phi) is 5.98. The molecule has 0 atom stereocenters. The van der Waals surface area contributed by atoms with Gasteiger partial charge in [-0.1, -0.05) is 23.1 Å². The second kappa shape index (κ2) is 8.90. The van der Waals surface area contributed by atoms with Crippen molar-refractivity contribution < 1.29 is 14.3 Å². The van der Waals surface area contributed by atoms with Crippen LogP contribution in [0.4, 0.5) is 15.6 Å². The van der Waals surface area contributed by atoms with Crippen LogP contribution in [0.5, 0.6) is 5.75 Å². The van der Waals surface area contributed by atoms with Gasteiger partial charge in [0.1, 0.15) is 5.75 Å². The molecule has 4 saturated carbocycles. The summed E-state index contributed by atoms with van der Waals surface area (Å²) in [7, 11) is 1.62. The number of hydrogen-bond donors (Lipinski definition) is 3. The molecule has 32 heavy (non-hydrogen) atoms. The SMILES string of the molecule is COc1ccc(Nc2nnc(SCC(=O)NC(=O)NC34CC5CC(CC(C5)C3)C4)s2)cc1. The average Bonchev–Trinajstić information content (AvgIpc) is 3.18. The normalized spacial score (nSPS) is 27.7. The monoisotopic (exact) mass is 473 g/mol. The number of benzene rings is 1. The molecule has 0 aliphatic heterocycles. The van der Waals surface area contributed by atoms with E-state index in [-0.39, 0.29) is 23.2 Å². The molecule has 0 unspecified atom stereocenters. The number of anilines is 2. The number of hydrogen-bond acceptors (Lipinski definition) is 8. The zero-order valence-corrected chi connectivity index (χ0v) is 19.6. The number of carbonyl (C=O) groups excluding carboxylic acids is 2. The average molecular weight is 474 g/mol. The summed E-state index contributed by atoms with van der Waals surface area (Å²) in [6.45, 7) is 0. The van der Waals surface area contributed by atoms with Gasteiger partial charge in [-0.2, -0.15) is 0 Å². The van der Waals surface area contributed by atoms with Crippen LogP contribution < -0.4 is 20.7 Å². The number of thioether (sulfide) groups is 1. The molecule has 8 nitrogen and oxygen atoms in total. The van der Waals surface area contributed by atoms with Crippen molar-refractivity contribution >= 4 is 45.9 Å². The van der Waals surface area contributed by atoms with Gasteiger partial charge in [-0.3, -0.25) is 10.1 Å². The number of imide groups is 1. The molecule has 4 aliphatic carbocycles. The maximum Gasteiger partial charge on any atom is 0.321 e. The minimum absolute atomic E-state index is 0.104. The summed E-state index contributed by atoms with van der Waals surface area (Å²) in [6, 6.07) is 7.14. The molecule has 0 saturated heterocycles. The summed E-state index contributed by atoms with van der Waals surface area (Å²) in [4.78, 5) is 24.8. The zero-order valence-electron chi connectivity index (χ0n) is 17.9. The van der Waals surface area contributed by atoms with Gasteiger partial charge in [0.05, 0.1) is 12.9 Å². The number of methoxy groups -OCH3 is 1. The third-order valence-electron chi connectivity index (χ3n) is 6.74. The fraction of sp³-hybridized carbons (Fsp3) is 0.545. The number of carbonyl (C=O) groups is 2. The Morgan fingerprint density at radius 2 is 1.75 bits per heavy atom. The van der Waals surface area contributed by atoms with Gasteiger partial charge in [0.25, 0.3) is 0 Å². The van der Waals surface area contributed by atoms with Crippen LogP contribution in [0, 0.1) is 17.8 Å². The molecule has 4 bridgehead atoms. The Balaban J connectivity index is 1.08. The molecular weight excluding hydrogens is 446 g/mol. The van der Waals surface area contributed by atoms with Gasteiger partial charge >= 0.3 is 6.03 Å². The van der Waals surface area contributed by atoms with Gasteiger partial charge in [0, 0.05) is 11.2 Å². The lowest BCUT2D eigenvalue weighted by Crippen LogP contribution is -2.61. The lowest BCUT2D eigenvalue weighted by molar-refractivity contribution is -0.117. The van der Waals surface area contributed by atoms with E-state index in [1.807, 2.05) is 24.3 Å². The van der Waals surface area contributed by atoms with E-state index in [9.17, 15) is 9.59 Å². The van der Waals surface area contributed by atoms with Crippen LogP contribution in [-0.4, -0.2) is 40.5 Å². The number of ether oxygens (including phenoxy) is 1. The highest BCUT2D eigenvalue weighted by Crippen LogP contribution is 2.55.